The van der Waals surface area contributed by atoms with Crippen LogP contribution in [0.25, 0.3) is 0 Å². The van der Waals surface area contributed by atoms with E-state index in [0.29, 0.717) is 25.4 Å². The van der Waals surface area contributed by atoms with Crippen molar-refractivity contribution in [1.29, 1.82) is 0 Å². The predicted octanol–water partition coefficient (Wildman–Crippen LogP) is 3.23. The largest absolute Gasteiger partial charge is 0.486 e. The molecule has 27 heavy (non-hydrogen) atoms. The van der Waals surface area contributed by atoms with E-state index >= 15 is 0 Å². The second-order valence-electron chi connectivity index (χ2n) is 6.68. The highest BCUT2D eigenvalue weighted by Crippen LogP contribution is 2.25. The number of fused-ring (bicyclic) bond motifs is 1. The van der Waals surface area contributed by atoms with Crippen LogP contribution >= 0.6 is 0 Å². The van der Waals surface area contributed by atoms with E-state index in [1.807, 2.05) is 23.9 Å². The predicted molar refractivity (Wildman–Crippen MR) is 96.0 cm³/mol. The molecular formula is C20H20F2N4O. The van der Waals surface area contributed by atoms with Crippen LogP contribution < -0.4 is 4.74 Å². The molecule has 0 aliphatic carbocycles. The van der Waals surface area contributed by atoms with E-state index in [1.54, 1.807) is 18.5 Å². The van der Waals surface area contributed by atoms with E-state index in [0.717, 1.165) is 29.8 Å². The summed E-state index contributed by atoms with van der Waals surface area (Å²) >= 11 is 0. The zero-order valence-corrected chi connectivity index (χ0v) is 15.0. The highest BCUT2D eigenvalue weighted by Gasteiger charge is 2.24. The van der Waals surface area contributed by atoms with Crippen molar-refractivity contribution in [2.24, 2.45) is 7.05 Å². The number of aromatic nitrogens is 3. The van der Waals surface area contributed by atoms with Gasteiger partial charge in [-0.25, -0.2) is 8.78 Å². The van der Waals surface area contributed by atoms with Gasteiger partial charge in [0.1, 0.15) is 18.1 Å². The number of halogens is 2. The lowest BCUT2D eigenvalue weighted by atomic mass is 10.0. The van der Waals surface area contributed by atoms with Crippen LogP contribution in [0.2, 0.25) is 0 Å². The summed E-state index contributed by atoms with van der Waals surface area (Å²) in [4.78, 5) is 6.26. The summed E-state index contributed by atoms with van der Waals surface area (Å²) in [6.07, 6.45) is 4.23. The molecule has 3 heterocycles. The van der Waals surface area contributed by atoms with Gasteiger partial charge in [0.15, 0.2) is 11.6 Å². The minimum absolute atomic E-state index is 0.369. The van der Waals surface area contributed by atoms with E-state index in [4.69, 9.17) is 4.74 Å². The van der Waals surface area contributed by atoms with Gasteiger partial charge in [-0.15, -0.1) is 0 Å². The first-order chi connectivity index (χ1) is 13.1. The zero-order valence-electron chi connectivity index (χ0n) is 15.0. The summed E-state index contributed by atoms with van der Waals surface area (Å²) in [7, 11) is 1.94. The third-order valence-corrected chi connectivity index (χ3v) is 4.80. The summed E-state index contributed by atoms with van der Waals surface area (Å²) in [5, 5.41) is 4.61. The molecule has 0 spiro atoms. The zero-order chi connectivity index (χ0) is 18.8. The molecular weight excluding hydrogens is 350 g/mol. The molecule has 0 bridgehead atoms. The Morgan fingerprint density at radius 1 is 1.19 bits per heavy atom. The van der Waals surface area contributed by atoms with Crippen molar-refractivity contribution in [3.8, 4) is 5.75 Å². The maximum atomic E-state index is 13.5. The fraction of sp³-hybridized carbons (Fsp3) is 0.300. The average Bonchev–Trinajstić information content (AvgIpc) is 2.99. The van der Waals surface area contributed by atoms with Gasteiger partial charge in [-0.2, -0.15) is 5.10 Å². The molecule has 0 saturated heterocycles. The standard InChI is InChI=1S/C20H20F2N4O/c1-25-20-6-8-26(11-14-4-5-17(21)18(22)9-14)12-16(20)19(24-25)13-27-15-3-2-7-23-10-15/h2-5,7,9-10H,6,8,11-13H2,1H3. The fourth-order valence-electron chi connectivity index (χ4n) is 3.46. The molecule has 5 nitrogen and oxygen atoms in total. The fourth-order valence-corrected chi connectivity index (χ4v) is 3.46. The van der Waals surface area contributed by atoms with Gasteiger partial charge in [-0.05, 0) is 29.8 Å². The van der Waals surface area contributed by atoms with Crippen LogP contribution in [-0.2, 0) is 33.2 Å². The molecule has 1 aliphatic rings. The molecule has 3 aromatic rings. The van der Waals surface area contributed by atoms with Crippen molar-refractivity contribution >= 4 is 0 Å². The third kappa shape index (κ3) is 3.83. The second-order valence-corrected chi connectivity index (χ2v) is 6.68. The van der Waals surface area contributed by atoms with Crippen LogP contribution in [0.4, 0.5) is 8.78 Å². The minimum Gasteiger partial charge on any atom is -0.486 e. The molecule has 7 heteroatoms. The lowest BCUT2D eigenvalue weighted by Crippen LogP contribution is -2.31. The van der Waals surface area contributed by atoms with Crippen molar-refractivity contribution < 1.29 is 13.5 Å². The first-order valence-electron chi connectivity index (χ1n) is 8.83. The molecule has 0 fully saturated rings. The van der Waals surface area contributed by atoms with E-state index in [1.165, 1.54) is 17.8 Å². The molecule has 0 saturated carbocycles. The summed E-state index contributed by atoms with van der Waals surface area (Å²) in [6, 6.07) is 7.76. The molecule has 2 aromatic heterocycles. The normalized spacial score (nSPS) is 14.2. The number of nitrogens with zero attached hydrogens (tertiary/aromatic N) is 4. The number of hydrogen-bond donors (Lipinski definition) is 0. The number of rotatable bonds is 5. The first kappa shape index (κ1) is 17.6. The summed E-state index contributed by atoms with van der Waals surface area (Å²) in [6.45, 7) is 2.48. The Balaban J connectivity index is 1.48. The quantitative estimate of drug-likeness (QED) is 0.692. The number of ether oxygens (including phenoxy) is 1. The molecule has 1 aromatic carbocycles. The van der Waals surface area contributed by atoms with Gasteiger partial charge < -0.3 is 4.74 Å². The highest BCUT2D eigenvalue weighted by molar-refractivity contribution is 5.29. The van der Waals surface area contributed by atoms with E-state index in [2.05, 4.69) is 15.0 Å². The lowest BCUT2D eigenvalue weighted by molar-refractivity contribution is 0.238. The van der Waals surface area contributed by atoms with Crippen molar-refractivity contribution in [2.45, 2.75) is 26.1 Å². The van der Waals surface area contributed by atoms with E-state index < -0.39 is 11.6 Å². The Labute approximate surface area is 156 Å². The third-order valence-electron chi connectivity index (χ3n) is 4.80. The van der Waals surface area contributed by atoms with Gasteiger partial charge in [-0.3, -0.25) is 14.6 Å². The Morgan fingerprint density at radius 2 is 2.07 bits per heavy atom. The van der Waals surface area contributed by atoms with Gasteiger partial charge >= 0.3 is 0 Å². The SMILES string of the molecule is Cn1nc(COc2cccnc2)c2c1CCN(Cc1ccc(F)c(F)c1)C2. The van der Waals surface area contributed by atoms with Gasteiger partial charge in [0.2, 0.25) is 0 Å². The van der Waals surface area contributed by atoms with Crippen LogP contribution in [0, 0.1) is 11.6 Å². The van der Waals surface area contributed by atoms with E-state index in [9.17, 15) is 8.78 Å². The van der Waals surface area contributed by atoms with Crippen molar-refractivity contribution in [2.75, 3.05) is 6.54 Å². The Morgan fingerprint density at radius 3 is 2.85 bits per heavy atom. The van der Waals surface area contributed by atoms with Crippen LogP contribution in [0.5, 0.6) is 5.75 Å². The monoisotopic (exact) mass is 370 g/mol. The van der Waals surface area contributed by atoms with Crippen LogP contribution in [0.3, 0.4) is 0 Å². The van der Waals surface area contributed by atoms with E-state index in [-0.39, 0.29) is 0 Å². The molecule has 4 rings (SSSR count). The van der Waals surface area contributed by atoms with Crippen LogP contribution in [0.15, 0.2) is 42.7 Å². The molecule has 0 amide bonds. The van der Waals surface area contributed by atoms with Gasteiger partial charge in [0.25, 0.3) is 0 Å². The second kappa shape index (κ2) is 7.44. The van der Waals surface area contributed by atoms with Crippen LogP contribution in [-0.4, -0.2) is 26.2 Å². The smallest absolute Gasteiger partial charge is 0.159 e. The molecule has 0 atom stereocenters. The summed E-state index contributed by atoms with van der Waals surface area (Å²) in [5.74, 6) is -0.926. The number of pyridine rings is 1. The maximum absolute atomic E-state index is 13.5. The van der Waals surface area contributed by atoms with Crippen molar-refractivity contribution in [1.82, 2.24) is 19.7 Å². The molecule has 0 N–H and O–H groups in total. The van der Waals surface area contributed by atoms with Crippen molar-refractivity contribution in [3.63, 3.8) is 0 Å². The minimum atomic E-state index is -0.818. The number of benzene rings is 1. The number of hydrogen-bond acceptors (Lipinski definition) is 4. The first-order valence-corrected chi connectivity index (χ1v) is 8.83. The van der Waals surface area contributed by atoms with Gasteiger partial charge in [0.05, 0.1) is 6.20 Å². The number of aryl methyl sites for hydroxylation is 1. The molecule has 0 radical (unpaired) electrons. The molecule has 140 valence electrons. The van der Waals surface area contributed by atoms with Crippen LogP contribution in [0.1, 0.15) is 22.5 Å². The lowest BCUT2D eigenvalue weighted by Gasteiger charge is -2.27. The highest BCUT2D eigenvalue weighted by atomic mass is 19.2. The Hall–Kier alpha value is -2.80. The summed E-state index contributed by atoms with van der Waals surface area (Å²) < 4.78 is 34.3. The topological polar surface area (TPSA) is 43.2 Å². The van der Waals surface area contributed by atoms with Crippen molar-refractivity contribution in [3.05, 3.63) is 76.9 Å². The molecule has 1 aliphatic heterocycles. The van der Waals surface area contributed by atoms with Gasteiger partial charge in [-0.1, -0.05) is 6.07 Å². The maximum Gasteiger partial charge on any atom is 0.159 e. The average molecular weight is 370 g/mol. The Bertz CT molecular complexity index is 943. The Kier molecular flexibility index (Phi) is 4.85. The molecule has 0 unspecified atom stereocenters. The summed E-state index contributed by atoms with van der Waals surface area (Å²) in [5.41, 5.74) is 4.00. The van der Waals surface area contributed by atoms with Gasteiger partial charge in [0, 0.05) is 50.6 Å².